The van der Waals surface area contributed by atoms with Gasteiger partial charge in [-0.2, -0.15) is 0 Å². The minimum Gasteiger partial charge on any atom is -0.511 e. The Labute approximate surface area is 162 Å². The summed E-state index contributed by atoms with van der Waals surface area (Å²) in [5.74, 6) is -0.325. The summed E-state index contributed by atoms with van der Waals surface area (Å²) in [5.41, 5.74) is 2.00. The number of ketones is 1. The summed E-state index contributed by atoms with van der Waals surface area (Å²) < 4.78 is 25.5. The summed E-state index contributed by atoms with van der Waals surface area (Å²) in [5, 5.41) is 10.9. The van der Waals surface area contributed by atoms with Crippen LogP contribution in [0.4, 0.5) is 4.39 Å². The summed E-state index contributed by atoms with van der Waals surface area (Å²) in [7, 11) is 0. The fourth-order valence-electron chi connectivity index (χ4n) is 4.90. The van der Waals surface area contributed by atoms with Gasteiger partial charge in [-0.15, -0.1) is 0 Å². The van der Waals surface area contributed by atoms with Crippen molar-refractivity contribution in [2.75, 3.05) is 0 Å². The highest BCUT2D eigenvalue weighted by atomic mass is 19.1. The Morgan fingerprint density at radius 3 is 2.61 bits per heavy atom. The molecule has 0 radical (unpaired) electrons. The molecule has 2 aromatic carbocycles. The molecule has 1 N–H and O–H groups in total. The maximum absolute atomic E-state index is 14.0. The van der Waals surface area contributed by atoms with E-state index in [9.17, 15) is 14.3 Å². The van der Waals surface area contributed by atoms with Gasteiger partial charge in [-0.05, 0) is 54.7 Å². The summed E-state index contributed by atoms with van der Waals surface area (Å²) in [6.45, 7) is 2.00. The number of benzene rings is 2. The van der Waals surface area contributed by atoms with Crippen molar-refractivity contribution in [2.45, 2.75) is 38.4 Å². The molecule has 5 heteroatoms. The number of rotatable bonds is 4. The lowest BCUT2D eigenvalue weighted by Gasteiger charge is -2.19. The molecule has 0 saturated carbocycles. The fraction of sp³-hybridized carbons (Fsp3) is 0.348. The molecule has 5 rings (SSSR count). The third kappa shape index (κ3) is 2.49. The van der Waals surface area contributed by atoms with Gasteiger partial charge in [-0.3, -0.25) is 4.79 Å². The molecule has 0 amide bonds. The Morgan fingerprint density at radius 1 is 1.14 bits per heavy atom. The molecule has 4 unspecified atom stereocenters. The number of fused-ring (bicyclic) bond motifs is 5. The fourth-order valence-corrected chi connectivity index (χ4v) is 4.90. The van der Waals surface area contributed by atoms with Crippen LogP contribution in [0, 0.1) is 17.7 Å². The maximum atomic E-state index is 14.0. The smallest absolute Gasteiger partial charge is 0.173 e. The van der Waals surface area contributed by atoms with E-state index in [-0.39, 0.29) is 41.3 Å². The monoisotopic (exact) mass is 380 g/mol. The minimum absolute atomic E-state index is 0.0487. The molecule has 4 nitrogen and oxygen atoms in total. The molecular formula is C23H21FO4. The van der Waals surface area contributed by atoms with Crippen LogP contribution < -0.4 is 4.74 Å². The third-order valence-corrected chi connectivity index (χ3v) is 6.19. The van der Waals surface area contributed by atoms with Crippen LogP contribution in [0.25, 0.3) is 5.57 Å². The van der Waals surface area contributed by atoms with Gasteiger partial charge in [0.25, 0.3) is 0 Å². The van der Waals surface area contributed by atoms with Crippen LogP contribution in [0.1, 0.15) is 30.9 Å². The van der Waals surface area contributed by atoms with Gasteiger partial charge in [-0.25, -0.2) is 4.39 Å². The second-order valence-electron chi connectivity index (χ2n) is 7.67. The van der Waals surface area contributed by atoms with Crippen LogP contribution in [-0.4, -0.2) is 23.1 Å². The Balaban J connectivity index is 1.56. The van der Waals surface area contributed by atoms with E-state index in [1.54, 1.807) is 30.3 Å². The number of aryl methyl sites for hydroxylation is 1. The number of para-hydroxylation sites is 1. The average Bonchev–Trinajstić information content (AvgIpc) is 3.37. The van der Waals surface area contributed by atoms with E-state index in [1.165, 1.54) is 6.07 Å². The van der Waals surface area contributed by atoms with E-state index in [0.717, 1.165) is 18.4 Å². The zero-order valence-electron chi connectivity index (χ0n) is 15.5. The number of Topliss-reactive ketones (excluding diaryl/α,β-unsaturated/α-hetero) is 1. The van der Waals surface area contributed by atoms with Crippen molar-refractivity contribution >= 4 is 11.4 Å². The van der Waals surface area contributed by atoms with Crippen LogP contribution in [0.15, 0.2) is 48.2 Å². The predicted octanol–water partition coefficient (Wildman–Crippen LogP) is 4.83. The van der Waals surface area contributed by atoms with Crippen molar-refractivity contribution in [1.29, 1.82) is 0 Å². The molecule has 1 aliphatic carbocycles. The molecule has 2 aromatic rings. The molecule has 2 heterocycles. The first-order valence-electron chi connectivity index (χ1n) is 9.77. The molecule has 28 heavy (non-hydrogen) atoms. The lowest BCUT2D eigenvalue weighted by molar-refractivity contribution is -0.118. The van der Waals surface area contributed by atoms with Gasteiger partial charge in [0.1, 0.15) is 11.5 Å². The highest BCUT2D eigenvalue weighted by Gasteiger charge is 2.59. The minimum atomic E-state index is -0.453. The average molecular weight is 380 g/mol. The first-order valence-corrected chi connectivity index (χ1v) is 9.77. The zero-order chi connectivity index (χ0) is 19.4. The lowest BCUT2D eigenvalue weighted by atomic mass is 9.80. The zero-order valence-corrected chi connectivity index (χ0v) is 15.5. The SMILES string of the molecule is CCc1ccc(Oc2ccccc2F)cc1C1=C(O)C2C3CCC(O3)C2C1=O. The number of carbonyl (C=O) groups is 1. The molecule has 0 spiro atoms. The summed E-state index contributed by atoms with van der Waals surface area (Å²) in [6, 6.07) is 11.6. The van der Waals surface area contributed by atoms with Gasteiger partial charge in [0.05, 0.1) is 29.6 Å². The van der Waals surface area contributed by atoms with E-state index in [1.807, 2.05) is 13.0 Å². The van der Waals surface area contributed by atoms with Crippen LogP contribution in [-0.2, 0) is 16.0 Å². The summed E-state index contributed by atoms with van der Waals surface area (Å²) in [4.78, 5) is 13.2. The largest absolute Gasteiger partial charge is 0.511 e. The molecule has 0 aromatic heterocycles. The van der Waals surface area contributed by atoms with E-state index >= 15 is 0 Å². The molecule has 2 bridgehead atoms. The molecule has 144 valence electrons. The van der Waals surface area contributed by atoms with E-state index in [4.69, 9.17) is 9.47 Å². The molecule has 2 aliphatic heterocycles. The second-order valence-corrected chi connectivity index (χ2v) is 7.67. The van der Waals surface area contributed by atoms with Crippen LogP contribution >= 0.6 is 0 Å². The number of hydrogen-bond donors (Lipinski definition) is 1. The molecule has 2 saturated heterocycles. The van der Waals surface area contributed by atoms with E-state index in [0.29, 0.717) is 23.3 Å². The van der Waals surface area contributed by atoms with Crippen molar-refractivity contribution < 1.29 is 23.8 Å². The number of ether oxygens (including phenoxy) is 2. The Kier molecular flexibility index (Phi) is 4.02. The van der Waals surface area contributed by atoms with Gasteiger partial charge in [-0.1, -0.05) is 25.1 Å². The lowest BCUT2D eigenvalue weighted by Crippen LogP contribution is -2.29. The third-order valence-electron chi connectivity index (χ3n) is 6.19. The topological polar surface area (TPSA) is 55.8 Å². The van der Waals surface area contributed by atoms with Gasteiger partial charge >= 0.3 is 0 Å². The van der Waals surface area contributed by atoms with Crippen molar-refractivity contribution in [3.05, 3.63) is 65.2 Å². The van der Waals surface area contributed by atoms with Crippen molar-refractivity contribution in [1.82, 2.24) is 0 Å². The quantitative estimate of drug-likeness (QED) is 0.826. The Hall–Kier alpha value is -2.66. The second kappa shape index (κ2) is 6.45. The van der Waals surface area contributed by atoms with Crippen molar-refractivity contribution in [3.63, 3.8) is 0 Å². The van der Waals surface area contributed by atoms with Crippen LogP contribution in [0.2, 0.25) is 0 Å². The highest BCUT2D eigenvalue weighted by Crippen LogP contribution is 2.54. The first-order chi connectivity index (χ1) is 13.6. The Bertz CT molecular complexity index is 996. The summed E-state index contributed by atoms with van der Waals surface area (Å²) in [6.07, 6.45) is 2.30. The van der Waals surface area contributed by atoms with Gasteiger partial charge in [0.2, 0.25) is 0 Å². The molecule has 2 fully saturated rings. The van der Waals surface area contributed by atoms with Crippen molar-refractivity contribution in [3.8, 4) is 11.5 Å². The van der Waals surface area contributed by atoms with E-state index < -0.39 is 5.82 Å². The number of allylic oxidation sites excluding steroid dienone is 1. The number of hydrogen-bond acceptors (Lipinski definition) is 4. The van der Waals surface area contributed by atoms with Crippen LogP contribution in [0.5, 0.6) is 11.5 Å². The van der Waals surface area contributed by atoms with Gasteiger partial charge < -0.3 is 14.6 Å². The number of aliphatic hydroxyl groups is 1. The summed E-state index contributed by atoms with van der Waals surface area (Å²) >= 11 is 0. The van der Waals surface area contributed by atoms with Gasteiger partial charge in [0, 0.05) is 0 Å². The number of carbonyl (C=O) groups excluding carboxylic acids is 1. The molecule has 3 aliphatic rings. The molecule has 4 atom stereocenters. The first kappa shape index (κ1) is 17.4. The number of aliphatic hydroxyl groups excluding tert-OH is 1. The van der Waals surface area contributed by atoms with Gasteiger partial charge in [0.15, 0.2) is 17.3 Å². The van der Waals surface area contributed by atoms with E-state index in [2.05, 4.69) is 0 Å². The number of halogens is 1. The maximum Gasteiger partial charge on any atom is 0.173 e. The highest BCUT2D eigenvalue weighted by molar-refractivity contribution is 6.25. The van der Waals surface area contributed by atoms with Crippen LogP contribution in [0.3, 0.4) is 0 Å². The Morgan fingerprint density at radius 2 is 1.89 bits per heavy atom. The van der Waals surface area contributed by atoms with Crippen molar-refractivity contribution in [2.24, 2.45) is 11.8 Å². The predicted molar refractivity (Wildman–Crippen MR) is 102 cm³/mol. The standard InChI is InChI=1S/C23H21FO4/c1-2-12-7-8-13(27-16-6-4-3-5-15(16)24)11-14(12)19-22(25)20-17-9-10-18(28-17)21(20)23(19)26/h3-8,11,17-18,20-21,25H,2,9-10H2,1H3. The normalized spacial score (nSPS) is 28.1. The molecular weight excluding hydrogens is 359 g/mol.